The number of imidazole rings is 1. The normalized spacial score (nSPS) is 14.7. The summed E-state index contributed by atoms with van der Waals surface area (Å²) in [4.78, 5) is 24.9. The van der Waals surface area contributed by atoms with Gasteiger partial charge in [-0.2, -0.15) is 4.98 Å². The number of ether oxygens (including phenoxy) is 1. The van der Waals surface area contributed by atoms with Crippen LogP contribution in [0.4, 0.5) is 10.9 Å². The molecule has 1 fully saturated rings. The second-order valence-corrected chi connectivity index (χ2v) is 6.94. The van der Waals surface area contributed by atoms with E-state index in [4.69, 9.17) is 20.4 Å². The van der Waals surface area contributed by atoms with Gasteiger partial charge in [0.15, 0.2) is 10.9 Å². The summed E-state index contributed by atoms with van der Waals surface area (Å²) in [5.41, 5.74) is 8.79. The highest BCUT2D eigenvalue weighted by molar-refractivity contribution is 7.13. The SMILES string of the molecule is Nc1nc(-c2ccc3nc(-n4ccnc4)nc(N4CCOCC4)c3n2)cs1. The number of morpholine rings is 1. The van der Waals surface area contributed by atoms with Crippen molar-refractivity contribution in [3.8, 4) is 17.3 Å². The van der Waals surface area contributed by atoms with E-state index in [-0.39, 0.29) is 0 Å². The summed E-state index contributed by atoms with van der Waals surface area (Å²) in [5, 5.41) is 2.42. The number of hydrogen-bond acceptors (Lipinski definition) is 9. The molecular formula is C17H16N8OS. The maximum atomic E-state index is 5.77. The van der Waals surface area contributed by atoms with Crippen molar-refractivity contribution in [2.45, 2.75) is 0 Å². The van der Waals surface area contributed by atoms with Crippen LogP contribution in [0.1, 0.15) is 0 Å². The molecule has 0 radical (unpaired) electrons. The van der Waals surface area contributed by atoms with Crippen LogP contribution < -0.4 is 10.6 Å². The standard InChI is InChI=1S/C17H16N8OS/c18-16-21-13(9-27-16)11-1-2-12-14(20-11)15(24-5-7-26-8-6-24)23-17(22-12)25-4-3-19-10-25/h1-4,9-10H,5-8H2,(H2,18,21). The molecule has 0 amide bonds. The van der Waals surface area contributed by atoms with E-state index in [0.717, 1.165) is 41.3 Å². The van der Waals surface area contributed by atoms with Gasteiger partial charge in [-0.15, -0.1) is 11.3 Å². The minimum absolute atomic E-state index is 0.520. The summed E-state index contributed by atoms with van der Waals surface area (Å²) in [6.45, 7) is 2.83. The van der Waals surface area contributed by atoms with Crippen molar-refractivity contribution < 1.29 is 4.74 Å². The zero-order valence-electron chi connectivity index (χ0n) is 14.3. The molecule has 5 heterocycles. The minimum Gasteiger partial charge on any atom is -0.378 e. The summed E-state index contributed by atoms with van der Waals surface area (Å²) >= 11 is 1.40. The Balaban J connectivity index is 1.69. The number of nitrogens with two attached hydrogens (primary N) is 1. The average Bonchev–Trinajstić information content (AvgIpc) is 3.39. The van der Waals surface area contributed by atoms with E-state index in [1.165, 1.54) is 11.3 Å². The van der Waals surface area contributed by atoms with Gasteiger partial charge in [-0.25, -0.2) is 19.9 Å². The highest BCUT2D eigenvalue weighted by Gasteiger charge is 2.20. The first-order valence-corrected chi connectivity index (χ1v) is 9.37. The van der Waals surface area contributed by atoms with Crippen LogP contribution in [0.3, 0.4) is 0 Å². The summed E-state index contributed by atoms with van der Waals surface area (Å²) < 4.78 is 7.28. The van der Waals surface area contributed by atoms with Gasteiger partial charge in [0, 0.05) is 30.9 Å². The van der Waals surface area contributed by atoms with Gasteiger partial charge in [-0.3, -0.25) is 4.57 Å². The summed E-state index contributed by atoms with van der Waals surface area (Å²) in [6, 6.07) is 3.85. The maximum absolute atomic E-state index is 5.77. The summed E-state index contributed by atoms with van der Waals surface area (Å²) in [7, 11) is 0. The molecule has 0 unspecified atom stereocenters. The molecule has 1 saturated heterocycles. The second-order valence-electron chi connectivity index (χ2n) is 6.05. The molecule has 2 N–H and O–H groups in total. The van der Waals surface area contributed by atoms with Crippen LogP contribution in [0.2, 0.25) is 0 Å². The zero-order valence-corrected chi connectivity index (χ0v) is 15.1. The molecule has 4 aromatic heterocycles. The number of nitrogens with zero attached hydrogens (tertiary/aromatic N) is 7. The smallest absolute Gasteiger partial charge is 0.237 e. The average molecular weight is 380 g/mol. The Morgan fingerprint density at radius 2 is 1.93 bits per heavy atom. The van der Waals surface area contributed by atoms with Crippen molar-refractivity contribution in [1.29, 1.82) is 0 Å². The molecule has 4 aromatic rings. The Kier molecular flexibility index (Phi) is 3.91. The summed E-state index contributed by atoms with van der Waals surface area (Å²) in [6.07, 6.45) is 5.21. The van der Waals surface area contributed by atoms with Crippen LogP contribution in [-0.4, -0.2) is 55.8 Å². The van der Waals surface area contributed by atoms with Crippen LogP contribution in [-0.2, 0) is 4.74 Å². The van der Waals surface area contributed by atoms with Gasteiger partial charge in [0.1, 0.15) is 17.5 Å². The number of nitrogen functional groups attached to an aromatic ring is 1. The first kappa shape index (κ1) is 16.1. The van der Waals surface area contributed by atoms with Crippen molar-refractivity contribution in [3.05, 3.63) is 36.2 Å². The highest BCUT2D eigenvalue weighted by Crippen LogP contribution is 2.28. The molecule has 136 valence electrons. The third-order valence-corrected chi connectivity index (χ3v) is 5.02. The number of thiazole rings is 1. The number of rotatable bonds is 3. The van der Waals surface area contributed by atoms with Crippen molar-refractivity contribution in [3.63, 3.8) is 0 Å². The van der Waals surface area contributed by atoms with Gasteiger partial charge < -0.3 is 15.4 Å². The fraction of sp³-hybridized carbons (Fsp3) is 0.235. The first-order valence-electron chi connectivity index (χ1n) is 8.49. The Morgan fingerprint density at radius 1 is 1.04 bits per heavy atom. The summed E-state index contributed by atoms with van der Waals surface area (Å²) in [5.74, 6) is 1.35. The van der Waals surface area contributed by atoms with Gasteiger partial charge in [0.05, 0.1) is 24.4 Å². The van der Waals surface area contributed by atoms with Crippen LogP contribution in [0, 0.1) is 0 Å². The Morgan fingerprint density at radius 3 is 2.67 bits per heavy atom. The topological polar surface area (TPSA) is 108 Å². The molecule has 0 atom stereocenters. The minimum atomic E-state index is 0.520. The lowest BCUT2D eigenvalue weighted by atomic mass is 10.2. The van der Waals surface area contributed by atoms with Crippen molar-refractivity contribution in [1.82, 2.24) is 29.5 Å². The number of pyridine rings is 1. The van der Waals surface area contributed by atoms with Crippen molar-refractivity contribution >= 4 is 33.3 Å². The Bertz CT molecular complexity index is 1090. The molecule has 1 aliphatic heterocycles. The van der Waals surface area contributed by atoms with E-state index in [1.54, 1.807) is 17.1 Å². The first-order chi connectivity index (χ1) is 13.3. The molecule has 0 aromatic carbocycles. The molecule has 0 bridgehead atoms. The fourth-order valence-electron chi connectivity index (χ4n) is 3.02. The molecule has 9 nitrogen and oxygen atoms in total. The van der Waals surface area contributed by atoms with Crippen molar-refractivity contribution in [2.24, 2.45) is 0 Å². The lowest BCUT2D eigenvalue weighted by molar-refractivity contribution is 0.122. The molecule has 0 saturated carbocycles. The van der Waals surface area contributed by atoms with E-state index < -0.39 is 0 Å². The molecule has 0 aliphatic carbocycles. The number of anilines is 2. The van der Waals surface area contributed by atoms with E-state index in [0.29, 0.717) is 24.3 Å². The van der Waals surface area contributed by atoms with E-state index in [2.05, 4.69) is 19.9 Å². The lowest BCUT2D eigenvalue weighted by Gasteiger charge is -2.28. The third kappa shape index (κ3) is 2.98. The van der Waals surface area contributed by atoms with Gasteiger partial charge in [-0.1, -0.05) is 0 Å². The van der Waals surface area contributed by atoms with Crippen LogP contribution >= 0.6 is 11.3 Å². The quantitative estimate of drug-likeness (QED) is 0.573. The van der Waals surface area contributed by atoms with Crippen LogP contribution in [0.25, 0.3) is 28.4 Å². The molecule has 27 heavy (non-hydrogen) atoms. The number of aromatic nitrogens is 6. The highest BCUT2D eigenvalue weighted by atomic mass is 32.1. The van der Waals surface area contributed by atoms with Crippen LogP contribution in [0.5, 0.6) is 0 Å². The predicted octanol–water partition coefficient (Wildman–Crippen LogP) is 1.75. The van der Waals surface area contributed by atoms with E-state index >= 15 is 0 Å². The zero-order chi connectivity index (χ0) is 18.2. The molecule has 5 rings (SSSR count). The maximum Gasteiger partial charge on any atom is 0.237 e. The Hall–Kier alpha value is -3.11. The molecular weight excluding hydrogens is 364 g/mol. The fourth-order valence-corrected chi connectivity index (χ4v) is 3.58. The largest absolute Gasteiger partial charge is 0.378 e. The Labute approximate surface area is 158 Å². The van der Waals surface area contributed by atoms with E-state index in [9.17, 15) is 0 Å². The third-order valence-electron chi connectivity index (χ3n) is 4.34. The lowest BCUT2D eigenvalue weighted by Crippen LogP contribution is -2.37. The molecule has 1 aliphatic rings. The molecule has 0 spiro atoms. The number of fused-ring (bicyclic) bond motifs is 1. The van der Waals surface area contributed by atoms with Gasteiger partial charge >= 0.3 is 0 Å². The van der Waals surface area contributed by atoms with Gasteiger partial charge in [0.2, 0.25) is 5.95 Å². The predicted molar refractivity (Wildman–Crippen MR) is 103 cm³/mol. The number of hydrogen-bond donors (Lipinski definition) is 1. The van der Waals surface area contributed by atoms with Gasteiger partial charge in [-0.05, 0) is 12.1 Å². The van der Waals surface area contributed by atoms with Crippen molar-refractivity contribution in [2.75, 3.05) is 36.9 Å². The second kappa shape index (κ2) is 6.56. The van der Waals surface area contributed by atoms with Crippen LogP contribution in [0.15, 0.2) is 36.2 Å². The monoisotopic (exact) mass is 380 g/mol. The van der Waals surface area contributed by atoms with Gasteiger partial charge in [0.25, 0.3) is 0 Å². The van der Waals surface area contributed by atoms with E-state index in [1.807, 2.05) is 23.7 Å². The molecule has 10 heteroatoms.